The topological polar surface area (TPSA) is 29.1 Å². The average Bonchev–Trinajstić information content (AvgIpc) is 2.65. The highest BCUT2D eigenvalue weighted by Gasteiger charge is 2.16. The smallest absolute Gasteiger partial charge is 0.220 e. The third-order valence-corrected chi connectivity index (χ3v) is 5.74. The Morgan fingerprint density at radius 1 is 1.08 bits per heavy atom. The van der Waals surface area contributed by atoms with Gasteiger partial charge >= 0.3 is 0 Å². The van der Waals surface area contributed by atoms with Gasteiger partial charge in [0.1, 0.15) is 0 Å². The molecule has 138 valence electrons. The summed E-state index contributed by atoms with van der Waals surface area (Å²) in [6, 6.07) is 12.2. The molecule has 1 aliphatic rings. The monoisotopic (exact) mass is 389 g/mol. The van der Waals surface area contributed by atoms with Gasteiger partial charge in [0.25, 0.3) is 0 Å². The molecule has 2 aromatic carbocycles. The number of benzene rings is 2. The van der Waals surface area contributed by atoms with Crippen LogP contribution in [-0.4, -0.2) is 5.91 Å². The molecule has 4 heteroatoms. The SMILES string of the molecule is CCC(NC(=O)CCc1ccc(Cl)cc1Cl)c1ccc2c(c1)CCCC2. The van der Waals surface area contributed by atoms with E-state index in [9.17, 15) is 4.79 Å². The number of carbonyl (C=O) groups excluding carboxylic acids is 1. The predicted octanol–water partition coefficient (Wildman–Crippen LogP) is 6.07. The maximum atomic E-state index is 12.4. The number of hydrogen-bond acceptors (Lipinski definition) is 1. The summed E-state index contributed by atoms with van der Waals surface area (Å²) in [5.41, 5.74) is 5.09. The fourth-order valence-corrected chi connectivity index (χ4v) is 4.13. The molecule has 3 rings (SSSR count). The number of aryl methyl sites for hydroxylation is 3. The van der Waals surface area contributed by atoms with Crippen LogP contribution in [0.3, 0.4) is 0 Å². The highest BCUT2D eigenvalue weighted by molar-refractivity contribution is 6.35. The molecule has 0 heterocycles. The summed E-state index contributed by atoms with van der Waals surface area (Å²) in [5.74, 6) is 0.0561. The van der Waals surface area contributed by atoms with E-state index in [1.165, 1.54) is 36.0 Å². The minimum Gasteiger partial charge on any atom is -0.349 e. The first-order valence-corrected chi connectivity index (χ1v) is 10.2. The number of carbonyl (C=O) groups is 1. The van der Waals surface area contributed by atoms with E-state index in [1.54, 1.807) is 6.07 Å². The van der Waals surface area contributed by atoms with Crippen molar-refractivity contribution in [1.29, 1.82) is 0 Å². The molecule has 1 aliphatic carbocycles. The molecule has 1 atom stereocenters. The van der Waals surface area contributed by atoms with Crippen molar-refractivity contribution in [3.8, 4) is 0 Å². The number of halogens is 2. The number of nitrogens with one attached hydrogen (secondary N) is 1. The maximum absolute atomic E-state index is 12.4. The van der Waals surface area contributed by atoms with E-state index in [0.29, 0.717) is 22.9 Å². The fraction of sp³-hybridized carbons (Fsp3) is 0.409. The van der Waals surface area contributed by atoms with Crippen molar-refractivity contribution in [1.82, 2.24) is 5.32 Å². The fourth-order valence-electron chi connectivity index (χ4n) is 3.63. The largest absolute Gasteiger partial charge is 0.349 e. The molecule has 0 bridgehead atoms. The zero-order valence-electron chi connectivity index (χ0n) is 15.2. The summed E-state index contributed by atoms with van der Waals surface area (Å²) >= 11 is 12.1. The Morgan fingerprint density at radius 2 is 1.85 bits per heavy atom. The summed E-state index contributed by atoms with van der Waals surface area (Å²) in [5, 5.41) is 4.41. The summed E-state index contributed by atoms with van der Waals surface area (Å²) in [7, 11) is 0. The molecule has 26 heavy (non-hydrogen) atoms. The molecular weight excluding hydrogens is 365 g/mol. The van der Waals surface area contributed by atoms with Crippen molar-refractivity contribution in [3.05, 3.63) is 68.7 Å². The summed E-state index contributed by atoms with van der Waals surface area (Å²) in [6.07, 6.45) is 6.80. The second-order valence-electron chi connectivity index (χ2n) is 7.00. The Bertz CT molecular complexity index is 788. The van der Waals surface area contributed by atoms with E-state index in [-0.39, 0.29) is 11.9 Å². The van der Waals surface area contributed by atoms with Gasteiger partial charge in [-0.3, -0.25) is 4.79 Å². The van der Waals surface area contributed by atoms with Gasteiger partial charge in [-0.15, -0.1) is 0 Å². The van der Waals surface area contributed by atoms with Crippen molar-refractivity contribution >= 4 is 29.1 Å². The molecule has 0 aromatic heterocycles. The van der Waals surface area contributed by atoms with E-state index in [2.05, 4.69) is 30.4 Å². The van der Waals surface area contributed by atoms with Crippen LogP contribution < -0.4 is 5.32 Å². The van der Waals surface area contributed by atoms with Crippen LogP contribution in [0.4, 0.5) is 0 Å². The molecule has 0 fully saturated rings. The van der Waals surface area contributed by atoms with Gasteiger partial charge in [0.15, 0.2) is 0 Å². The number of hydrogen-bond donors (Lipinski definition) is 1. The lowest BCUT2D eigenvalue weighted by Gasteiger charge is -2.22. The molecule has 0 radical (unpaired) electrons. The minimum atomic E-state index is 0.0561. The zero-order chi connectivity index (χ0) is 18.5. The quantitative estimate of drug-likeness (QED) is 0.637. The Labute approximate surface area is 165 Å². The molecule has 0 saturated carbocycles. The maximum Gasteiger partial charge on any atom is 0.220 e. The van der Waals surface area contributed by atoms with Crippen LogP contribution >= 0.6 is 23.2 Å². The normalized spacial score (nSPS) is 14.6. The molecule has 1 amide bonds. The zero-order valence-corrected chi connectivity index (χ0v) is 16.7. The van der Waals surface area contributed by atoms with Crippen LogP contribution in [0.1, 0.15) is 60.9 Å². The van der Waals surface area contributed by atoms with Crippen molar-refractivity contribution < 1.29 is 4.79 Å². The van der Waals surface area contributed by atoms with Crippen molar-refractivity contribution in [2.45, 2.75) is 57.9 Å². The van der Waals surface area contributed by atoms with Crippen LogP contribution in [-0.2, 0) is 24.1 Å². The highest BCUT2D eigenvalue weighted by Crippen LogP contribution is 2.26. The Balaban J connectivity index is 1.61. The molecule has 0 spiro atoms. The molecule has 1 unspecified atom stereocenters. The van der Waals surface area contributed by atoms with Gasteiger partial charge in [0, 0.05) is 16.5 Å². The first kappa shape index (κ1) is 19.3. The summed E-state index contributed by atoms with van der Waals surface area (Å²) < 4.78 is 0. The average molecular weight is 390 g/mol. The van der Waals surface area contributed by atoms with Gasteiger partial charge in [0.2, 0.25) is 5.91 Å². The lowest BCUT2D eigenvalue weighted by atomic mass is 9.89. The second kappa shape index (κ2) is 8.92. The molecule has 0 saturated heterocycles. The van der Waals surface area contributed by atoms with E-state index in [1.807, 2.05) is 12.1 Å². The Morgan fingerprint density at radius 3 is 2.58 bits per heavy atom. The first-order valence-electron chi connectivity index (χ1n) is 9.42. The van der Waals surface area contributed by atoms with Crippen molar-refractivity contribution in [3.63, 3.8) is 0 Å². The lowest BCUT2D eigenvalue weighted by molar-refractivity contribution is -0.121. The lowest BCUT2D eigenvalue weighted by Crippen LogP contribution is -2.28. The Hall–Kier alpha value is -1.51. The van der Waals surface area contributed by atoms with E-state index in [4.69, 9.17) is 23.2 Å². The van der Waals surface area contributed by atoms with Crippen molar-refractivity contribution in [2.75, 3.05) is 0 Å². The molecule has 2 aromatic rings. The van der Waals surface area contributed by atoms with Crippen molar-refractivity contribution in [2.24, 2.45) is 0 Å². The van der Waals surface area contributed by atoms with Gasteiger partial charge in [0.05, 0.1) is 6.04 Å². The van der Waals surface area contributed by atoms with E-state index >= 15 is 0 Å². The molecule has 1 N–H and O–H groups in total. The third-order valence-electron chi connectivity index (χ3n) is 5.15. The van der Waals surface area contributed by atoms with Crippen LogP contribution in [0.15, 0.2) is 36.4 Å². The van der Waals surface area contributed by atoms with Crippen LogP contribution in [0.5, 0.6) is 0 Å². The standard InChI is InChI=1S/C22H25Cl2NO/c1-2-21(18-8-7-15-5-3-4-6-17(15)13-18)25-22(26)12-10-16-9-11-19(23)14-20(16)24/h7-9,11,13-14,21H,2-6,10,12H2,1H3,(H,25,26). The number of fused-ring (bicyclic) bond motifs is 1. The molecule has 2 nitrogen and oxygen atoms in total. The van der Waals surface area contributed by atoms with Crippen LogP contribution in [0, 0.1) is 0 Å². The van der Waals surface area contributed by atoms with Gasteiger partial charge < -0.3 is 5.32 Å². The number of rotatable bonds is 6. The van der Waals surface area contributed by atoms with E-state index in [0.717, 1.165) is 18.4 Å². The first-order chi connectivity index (χ1) is 12.6. The third kappa shape index (κ3) is 4.81. The van der Waals surface area contributed by atoms with Gasteiger partial charge in [-0.1, -0.05) is 54.4 Å². The summed E-state index contributed by atoms with van der Waals surface area (Å²) in [4.78, 5) is 12.4. The molecular formula is C22H25Cl2NO. The van der Waals surface area contributed by atoms with E-state index < -0.39 is 0 Å². The summed E-state index contributed by atoms with van der Waals surface area (Å²) in [6.45, 7) is 2.11. The second-order valence-corrected chi connectivity index (χ2v) is 7.84. The van der Waals surface area contributed by atoms with Gasteiger partial charge in [-0.05, 0) is 72.9 Å². The predicted molar refractivity (Wildman–Crippen MR) is 109 cm³/mol. The van der Waals surface area contributed by atoms with Gasteiger partial charge in [-0.25, -0.2) is 0 Å². The Kier molecular flexibility index (Phi) is 6.61. The minimum absolute atomic E-state index is 0.0561. The number of amides is 1. The molecule has 0 aliphatic heterocycles. The van der Waals surface area contributed by atoms with Crippen LogP contribution in [0.2, 0.25) is 10.0 Å². The highest BCUT2D eigenvalue weighted by atomic mass is 35.5. The van der Waals surface area contributed by atoms with Crippen LogP contribution in [0.25, 0.3) is 0 Å². The van der Waals surface area contributed by atoms with Gasteiger partial charge in [-0.2, -0.15) is 0 Å².